The Morgan fingerprint density at radius 1 is 1.43 bits per heavy atom. The van der Waals surface area contributed by atoms with Gasteiger partial charge in [0, 0.05) is 20.1 Å². The molecule has 0 aliphatic carbocycles. The third-order valence-electron chi connectivity index (χ3n) is 1.80. The Bertz CT molecular complexity index is 204. The Hall–Kier alpha value is -1.10. The molecule has 0 saturated heterocycles. The number of rotatable bonds is 5. The van der Waals surface area contributed by atoms with Gasteiger partial charge in [-0.05, 0) is 6.92 Å². The summed E-state index contributed by atoms with van der Waals surface area (Å²) in [7, 11) is 4.73. The van der Waals surface area contributed by atoms with Crippen LogP contribution >= 0.6 is 0 Å². The van der Waals surface area contributed by atoms with Gasteiger partial charge in [-0.3, -0.25) is 9.59 Å². The van der Waals surface area contributed by atoms with E-state index < -0.39 is 0 Å². The number of hydrogen-bond donors (Lipinski definition) is 1. The minimum absolute atomic E-state index is 0.0123. The monoisotopic (exact) mass is 202 g/mol. The molecule has 0 fully saturated rings. The zero-order chi connectivity index (χ0) is 11.1. The van der Waals surface area contributed by atoms with Crippen LogP contribution in [0.4, 0.5) is 0 Å². The summed E-state index contributed by atoms with van der Waals surface area (Å²) in [6.45, 7) is 2.07. The van der Waals surface area contributed by atoms with Gasteiger partial charge in [0.25, 0.3) is 0 Å². The van der Waals surface area contributed by atoms with Crippen LogP contribution in [0.25, 0.3) is 0 Å². The first-order valence-corrected chi connectivity index (χ1v) is 4.47. The maximum Gasteiger partial charge on any atom is 0.307 e. The first-order chi connectivity index (χ1) is 6.47. The van der Waals surface area contributed by atoms with Crippen LogP contribution in [0.2, 0.25) is 0 Å². The molecule has 5 nitrogen and oxygen atoms in total. The Morgan fingerprint density at radius 2 is 2.00 bits per heavy atom. The van der Waals surface area contributed by atoms with E-state index in [1.54, 1.807) is 14.1 Å². The van der Waals surface area contributed by atoms with Crippen LogP contribution in [0.15, 0.2) is 0 Å². The number of hydrogen-bond acceptors (Lipinski definition) is 4. The third-order valence-corrected chi connectivity index (χ3v) is 1.80. The van der Waals surface area contributed by atoms with Crippen LogP contribution in [-0.2, 0) is 14.3 Å². The second-order valence-electron chi connectivity index (χ2n) is 3.35. The van der Waals surface area contributed by atoms with E-state index in [1.165, 1.54) is 12.0 Å². The topological polar surface area (TPSA) is 58.6 Å². The fourth-order valence-corrected chi connectivity index (χ4v) is 0.825. The van der Waals surface area contributed by atoms with Crippen molar-refractivity contribution in [3.63, 3.8) is 0 Å². The van der Waals surface area contributed by atoms with Crippen LogP contribution in [0, 0.1) is 0 Å². The molecule has 14 heavy (non-hydrogen) atoms. The first kappa shape index (κ1) is 12.9. The van der Waals surface area contributed by atoms with Crippen molar-refractivity contribution >= 4 is 11.9 Å². The molecule has 0 bridgehead atoms. The molecule has 1 N–H and O–H groups in total. The highest BCUT2D eigenvalue weighted by molar-refractivity contribution is 5.77. The summed E-state index contributed by atoms with van der Waals surface area (Å²) in [5.41, 5.74) is 0. The number of likely N-dealkylation sites (N-methyl/N-ethyl adjacent to an activating group) is 1. The summed E-state index contributed by atoms with van der Waals surface area (Å²) >= 11 is 0. The predicted molar refractivity (Wildman–Crippen MR) is 52.8 cm³/mol. The fraction of sp³-hybridized carbons (Fsp3) is 0.778. The number of amides is 1. The molecule has 1 unspecified atom stereocenters. The van der Waals surface area contributed by atoms with Gasteiger partial charge in [0.1, 0.15) is 0 Å². The standard InChI is InChI=1S/C9H18N2O3/c1-7(5-9(13)14-4)10-6-8(12)11(2)3/h7,10H,5-6H2,1-4H3. The molecule has 82 valence electrons. The predicted octanol–water partition coefficient (Wildman–Crippen LogP) is -0.384. The van der Waals surface area contributed by atoms with Crippen molar-refractivity contribution in [3.8, 4) is 0 Å². The lowest BCUT2D eigenvalue weighted by atomic mass is 10.2. The van der Waals surface area contributed by atoms with Crippen molar-refractivity contribution < 1.29 is 14.3 Å². The van der Waals surface area contributed by atoms with Gasteiger partial charge in [-0.15, -0.1) is 0 Å². The van der Waals surface area contributed by atoms with Gasteiger partial charge in [0.15, 0.2) is 0 Å². The zero-order valence-corrected chi connectivity index (χ0v) is 9.16. The third kappa shape index (κ3) is 5.53. The van der Waals surface area contributed by atoms with Gasteiger partial charge >= 0.3 is 5.97 Å². The molecule has 5 heteroatoms. The summed E-state index contributed by atoms with van der Waals surface area (Å²) in [6.07, 6.45) is 0.275. The van der Waals surface area contributed by atoms with E-state index in [4.69, 9.17) is 0 Å². The Balaban J connectivity index is 3.68. The van der Waals surface area contributed by atoms with E-state index in [0.29, 0.717) is 0 Å². The largest absolute Gasteiger partial charge is 0.469 e. The lowest BCUT2D eigenvalue weighted by Crippen LogP contribution is -2.38. The highest BCUT2D eigenvalue weighted by atomic mass is 16.5. The van der Waals surface area contributed by atoms with E-state index in [-0.39, 0.29) is 30.9 Å². The summed E-state index contributed by atoms with van der Waals surface area (Å²) in [5.74, 6) is -0.288. The van der Waals surface area contributed by atoms with Crippen LogP contribution in [0.5, 0.6) is 0 Å². The van der Waals surface area contributed by atoms with E-state index in [9.17, 15) is 9.59 Å². The van der Waals surface area contributed by atoms with Gasteiger partial charge in [0.05, 0.1) is 20.1 Å². The molecule has 0 rings (SSSR count). The molecule has 0 aromatic rings. The van der Waals surface area contributed by atoms with Gasteiger partial charge in [-0.2, -0.15) is 0 Å². The number of ether oxygens (including phenoxy) is 1. The van der Waals surface area contributed by atoms with Crippen molar-refractivity contribution in [1.29, 1.82) is 0 Å². The first-order valence-electron chi connectivity index (χ1n) is 4.47. The normalized spacial score (nSPS) is 12.0. The number of nitrogens with one attached hydrogen (secondary N) is 1. The molecule has 0 saturated carbocycles. The zero-order valence-electron chi connectivity index (χ0n) is 9.16. The lowest BCUT2D eigenvalue weighted by molar-refractivity contribution is -0.141. The highest BCUT2D eigenvalue weighted by Crippen LogP contribution is 1.92. The maximum absolute atomic E-state index is 11.1. The Morgan fingerprint density at radius 3 is 2.43 bits per heavy atom. The second-order valence-corrected chi connectivity index (χ2v) is 3.35. The molecule has 0 aromatic carbocycles. The quantitative estimate of drug-likeness (QED) is 0.617. The van der Waals surface area contributed by atoms with Crippen molar-refractivity contribution in [2.45, 2.75) is 19.4 Å². The van der Waals surface area contributed by atoms with Crippen LogP contribution < -0.4 is 5.32 Å². The van der Waals surface area contributed by atoms with E-state index in [2.05, 4.69) is 10.1 Å². The number of nitrogens with zero attached hydrogens (tertiary/aromatic N) is 1. The molecule has 0 aliphatic rings. The van der Waals surface area contributed by atoms with Gasteiger partial charge in [-0.1, -0.05) is 0 Å². The lowest BCUT2D eigenvalue weighted by Gasteiger charge is -2.14. The van der Waals surface area contributed by atoms with Crippen molar-refractivity contribution in [3.05, 3.63) is 0 Å². The summed E-state index contributed by atoms with van der Waals surface area (Å²) in [5, 5.41) is 2.94. The molecule has 0 heterocycles. The summed E-state index contributed by atoms with van der Waals surface area (Å²) < 4.78 is 4.50. The number of carbonyl (C=O) groups is 2. The van der Waals surface area contributed by atoms with E-state index in [0.717, 1.165) is 0 Å². The number of esters is 1. The molecule has 0 aliphatic heterocycles. The highest BCUT2D eigenvalue weighted by Gasteiger charge is 2.10. The van der Waals surface area contributed by atoms with Crippen molar-refractivity contribution in [2.24, 2.45) is 0 Å². The fourth-order valence-electron chi connectivity index (χ4n) is 0.825. The van der Waals surface area contributed by atoms with Crippen LogP contribution in [0.3, 0.4) is 0 Å². The minimum atomic E-state index is -0.276. The second kappa shape index (κ2) is 6.37. The van der Waals surface area contributed by atoms with Gasteiger partial charge < -0.3 is 15.0 Å². The molecule has 0 spiro atoms. The SMILES string of the molecule is COC(=O)CC(C)NCC(=O)N(C)C. The number of methoxy groups -OCH3 is 1. The van der Waals surface area contributed by atoms with Gasteiger partial charge in [-0.25, -0.2) is 0 Å². The minimum Gasteiger partial charge on any atom is -0.469 e. The maximum atomic E-state index is 11.1. The number of carbonyl (C=O) groups excluding carboxylic acids is 2. The molecular formula is C9H18N2O3. The average Bonchev–Trinajstić information content (AvgIpc) is 2.13. The molecule has 0 radical (unpaired) electrons. The van der Waals surface area contributed by atoms with E-state index in [1.807, 2.05) is 6.92 Å². The average molecular weight is 202 g/mol. The van der Waals surface area contributed by atoms with Gasteiger partial charge in [0.2, 0.25) is 5.91 Å². The van der Waals surface area contributed by atoms with Crippen LogP contribution in [0.1, 0.15) is 13.3 Å². The molecular weight excluding hydrogens is 184 g/mol. The summed E-state index contributed by atoms with van der Waals surface area (Å²) in [6, 6.07) is -0.0497. The smallest absolute Gasteiger partial charge is 0.307 e. The molecule has 0 aromatic heterocycles. The van der Waals surface area contributed by atoms with Crippen molar-refractivity contribution in [1.82, 2.24) is 10.2 Å². The molecule has 1 amide bonds. The van der Waals surface area contributed by atoms with E-state index >= 15 is 0 Å². The van der Waals surface area contributed by atoms with Crippen molar-refractivity contribution in [2.75, 3.05) is 27.7 Å². The van der Waals surface area contributed by atoms with Crippen LogP contribution in [-0.4, -0.2) is 50.6 Å². The molecule has 1 atom stereocenters. The summed E-state index contributed by atoms with van der Waals surface area (Å²) in [4.78, 5) is 23.5. The Labute approximate surface area is 84.4 Å². The Kier molecular flexibility index (Phi) is 5.87.